The molecule has 1 aliphatic rings. The first-order valence-corrected chi connectivity index (χ1v) is 4.60. The molecule has 0 spiro atoms. The van der Waals surface area contributed by atoms with E-state index in [4.69, 9.17) is 9.47 Å². The van der Waals surface area contributed by atoms with Gasteiger partial charge in [-0.05, 0) is 6.42 Å². The van der Waals surface area contributed by atoms with Gasteiger partial charge in [0.25, 0.3) is 0 Å². The number of carbonyl (C=O) groups excluding carboxylic acids is 1. The van der Waals surface area contributed by atoms with Crippen LogP contribution < -0.4 is 0 Å². The Labute approximate surface area is 83.9 Å². The van der Waals surface area contributed by atoms with Gasteiger partial charge < -0.3 is 19.1 Å². The number of ether oxygens (including phenoxy) is 3. The average Bonchev–Trinajstić information content (AvgIpc) is 2.28. The number of piperidine rings is 1. The molecule has 14 heavy (non-hydrogen) atoms. The molecule has 0 bridgehead atoms. The molecule has 5 heteroatoms. The first-order valence-electron chi connectivity index (χ1n) is 4.60. The summed E-state index contributed by atoms with van der Waals surface area (Å²) in [5.41, 5.74) is 0. The van der Waals surface area contributed by atoms with Crippen molar-refractivity contribution in [1.82, 2.24) is 4.90 Å². The molecule has 1 aliphatic heterocycles. The number of nitrogens with zero attached hydrogens (tertiary/aromatic N) is 1. The van der Waals surface area contributed by atoms with Crippen molar-refractivity contribution in [3.8, 4) is 0 Å². The van der Waals surface area contributed by atoms with Gasteiger partial charge in [0.05, 0.1) is 13.7 Å². The zero-order valence-corrected chi connectivity index (χ0v) is 8.91. The van der Waals surface area contributed by atoms with Crippen molar-refractivity contribution >= 4 is 6.09 Å². The van der Waals surface area contributed by atoms with Gasteiger partial charge in [0.2, 0.25) is 0 Å². The Morgan fingerprint density at radius 2 is 1.93 bits per heavy atom. The van der Waals surface area contributed by atoms with E-state index >= 15 is 0 Å². The first kappa shape index (κ1) is 11.3. The van der Waals surface area contributed by atoms with Gasteiger partial charge in [-0.3, -0.25) is 0 Å². The van der Waals surface area contributed by atoms with Crippen molar-refractivity contribution in [2.24, 2.45) is 0 Å². The van der Waals surface area contributed by atoms with Gasteiger partial charge in [0.1, 0.15) is 0 Å². The lowest BCUT2D eigenvalue weighted by Crippen LogP contribution is -2.52. The van der Waals surface area contributed by atoms with Crippen molar-refractivity contribution < 1.29 is 19.0 Å². The maximum Gasteiger partial charge on any atom is 0.409 e. The Kier molecular flexibility index (Phi) is 3.71. The highest BCUT2D eigenvalue weighted by atomic mass is 16.7. The van der Waals surface area contributed by atoms with E-state index in [1.807, 2.05) is 0 Å². The molecule has 0 radical (unpaired) electrons. The van der Waals surface area contributed by atoms with Gasteiger partial charge >= 0.3 is 6.09 Å². The quantitative estimate of drug-likeness (QED) is 0.624. The zero-order valence-electron chi connectivity index (χ0n) is 8.91. The molecule has 0 aliphatic carbocycles. The van der Waals surface area contributed by atoms with Crippen LogP contribution in [0.4, 0.5) is 4.79 Å². The lowest BCUT2D eigenvalue weighted by molar-refractivity contribution is -0.228. The molecule has 0 aromatic rings. The normalized spacial score (nSPS) is 20.6. The molecule has 1 saturated heterocycles. The van der Waals surface area contributed by atoms with Crippen LogP contribution in [0.25, 0.3) is 0 Å². The second kappa shape index (κ2) is 4.61. The minimum absolute atomic E-state index is 0.330. The number of rotatable bonds is 2. The van der Waals surface area contributed by atoms with Gasteiger partial charge in [-0.15, -0.1) is 0 Å². The number of methoxy groups -OCH3 is 3. The van der Waals surface area contributed by atoms with Crippen LogP contribution in [0.3, 0.4) is 0 Å². The van der Waals surface area contributed by atoms with Crippen molar-refractivity contribution in [3.63, 3.8) is 0 Å². The average molecular weight is 203 g/mol. The van der Waals surface area contributed by atoms with E-state index in [0.29, 0.717) is 13.1 Å². The molecule has 82 valence electrons. The highest BCUT2D eigenvalue weighted by molar-refractivity contribution is 5.67. The summed E-state index contributed by atoms with van der Waals surface area (Å²) in [4.78, 5) is 12.9. The van der Waals surface area contributed by atoms with Crippen LogP contribution >= 0.6 is 0 Å². The van der Waals surface area contributed by atoms with Crippen LogP contribution in [0.15, 0.2) is 0 Å². The summed E-state index contributed by atoms with van der Waals surface area (Å²) in [6.45, 7) is 1.12. The molecule has 1 rings (SSSR count). The van der Waals surface area contributed by atoms with Crippen LogP contribution in [0.5, 0.6) is 0 Å². The molecule has 0 N–H and O–H groups in total. The lowest BCUT2D eigenvalue weighted by Gasteiger charge is -2.39. The van der Waals surface area contributed by atoms with E-state index < -0.39 is 5.79 Å². The van der Waals surface area contributed by atoms with Crippen LogP contribution in [-0.4, -0.2) is 51.2 Å². The third-order valence-corrected chi connectivity index (χ3v) is 2.59. The van der Waals surface area contributed by atoms with Gasteiger partial charge in [-0.25, -0.2) is 4.79 Å². The van der Waals surface area contributed by atoms with Crippen molar-refractivity contribution in [2.45, 2.75) is 18.6 Å². The number of hydrogen-bond donors (Lipinski definition) is 0. The van der Waals surface area contributed by atoms with Crippen LogP contribution in [0, 0.1) is 0 Å². The van der Waals surface area contributed by atoms with Crippen LogP contribution in [0.1, 0.15) is 12.8 Å². The standard InChI is InChI=1S/C9H17NO4/c1-12-8(11)10-6-4-5-9(7-10,13-2)14-3/h4-7H2,1-3H3. The minimum atomic E-state index is -0.660. The molecule has 0 aromatic heterocycles. The summed E-state index contributed by atoms with van der Waals surface area (Å²) in [5.74, 6) is -0.660. The van der Waals surface area contributed by atoms with E-state index in [1.54, 1.807) is 19.1 Å². The molecule has 1 amide bonds. The predicted molar refractivity (Wildman–Crippen MR) is 50.0 cm³/mol. The Morgan fingerprint density at radius 1 is 1.29 bits per heavy atom. The van der Waals surface area contributed by atoms with Crippen molar-refractivity contribution in [3.05, 3.63) is 0 Å². The predicted octanol–water partition coefficient (Wildman–Crippen LogP) is 0.838. The molecule has 0 aromatic carbocycles. The summed E-state index contributed by atoms with van der Waals surface area (Å²) < 4.78 is 15.2. The number of amides is 1. The van der Waals surface area contributed by atoms with E-state index in [-0.39, 0.29) is 6.09 Å². The Bertz CT molecular complexity index is 203. The van der Waals surface area contributed by atoms with Crippen LogP contribution in [-0.2, 0) is 14.2 Å². The molecular formula is C9H17NO4. The minimum Gasteiger partial charge on any atom is -0.453 e. The fourth-order valence-corrected chi connectivity index (χ4v) is 1.69. The maximum absolute atomic E-state index is 11.3. The second-order valence-corrected chi connectivity index (χ2v) is 3.31. The number of carbonyl (C=O) groups is 1. The van der Waals surface area contributed by atoms with Gasteiger partial charge in [0.15, 0.2) is 5.79 Å². The van der Waals surface area contributed by atoms with Gasteiger partial charge in [0, 0.05) is 27.2 Å². The van der Waals surface area contributed by atoms with E-state index in [0.717, 1.165) is 12.8 Å². The highest BCUT2D eigenvalue weighted by Crippen LogP contribution is 2.25. The third-order valence-electron chi connectivity index (χ3n) is 2.59. The maximum atomic E-state index is 11.3. The molecule has 0 atom stereocenters. The summed E-state index contributed by atoms with van der Waals surface area (Å²) in [7, 11) is 4.55. The van der Waals surface area contributed by atoms with Gasteiger partial charge in [-0.1, -0.05) is 0 Å². The Balaban J connectivity index is 2.62. The monoisotopic (exact) mass is 203 g/mol. The van der Waals surface area contributed by atoms with Crippen molar-refractivity contribution in [1.29, 1.82) is 0 Å². The van der Waals surface area contributed by atoms with E-state index in [1.165, 1.54) is 7.11 Å². The summed E-state index contributed by atoms with van der Waals surface area (Å²) in [6.07, 6.45) is 1.33. The van der Waals surface area contributed by atoms with Crippen LogP contribution in [0.2, 0.25) is 0 Å². The molecule has 5 nitrogen and oxygen atoms in total. The van der Waals surface area contributed by atoms with Gasteiger partial charge in [-0.2, -0.15) is 0 Å². The van der Waals surface area contributed by atoms with E-state index in [2.05, 4.69) is 4.74 Å². The number of likely N-dealkylation sites (tertiary alicyclic amines) is 1. The topological polar surface area (TPSA) is 48.0 Å². The second-order valence-electron chi connectivity index (χ2n) is 3.31. The summed E-state index contributed by atoms with van der Waals surface area (Å²) >= 11 is 0. The van der Waals surface area contributed by atoms with E-state index in [9.17, 15) is 4.79 Å². The molecule has 0 saturated carbocycles. The molecule has 1 fully saturated rings. The summed E-state index contributed by atoms with van der Waals surface area (Å²) in [5, 5.41) is 0. The Morgan fingerprint density at radius 3 is 2.43 bits per heavy atom. The molecule has 1 heterocycles. The first-order chi connectivity index (χ1) is 6.67. The molecule has 0 unspecified atom stereocenters. The smallest absolute Gasteiger partial charge is 0.409 e. The van der Waals surface area contributed by atoms with Crippen molar-refractivity contribution in [2.75, 3.05) is 34.4 Å². The zero-order chi connectivity index (χ0) is 10.6. The highest BCUT2D eigenvalue weighted by Gasteiger charge is 2.37. The Hall–Kier alpha value is -0.810. The third kappa shape index (κ3) is 2.16. The largest absolute Gasteiger partial charge is 0.453 e. The summed E-state index contributed by atoms with van der Waals surface area (Å²) in [6, 6.07) is 0. The fourth-order valence-electron chi connectivity index (χ4n) is 1.69. The fraction of sp³-hybridized carbons (Fsp3) is 0.889. The number of hydrogen-bond acceptors (Lipinski definition) is 4. The SMILES string of the molecule is COC(=O)N1CCCC(OC)(OC)C1. The molecular weight excluding hydrogens is 186 g/mol. The lowest BCUT2D eigenvalue weighted by atomic mass is 10.1.